The van der Waals surface area contributed by atoms with Gasteiger partial charge in [0.1, 0.15) is 0 Å². The molecular formula is C23H30N2. The molecule has 1 aliphatic rings. The molecule has 1 heterocycles. The normalized spacial score (nSPS) is 19.5. The van der Waals surface area contributed by atoms with Crippen LogP contribution >= 0.6 is 0 Å². The van der Waals surface area contributed by atoms with Crippen LogP contribution in [0.4, 0.5) is 0 Å². The average Bonchev–Trinajstić information content (AvgIpc) is 2.69. The van der Waals surface area contributed by atoms with Crippen molar-refractivity contribution in [1.82, 2.24) is 10.4 Å². The second-order valence-corrected chi connectivity index (χ2v) is 6.62. The molecule has 0 radical (unpaired) electrons. The molecule has 0 aromatic heterocycles. The Morgan fingerprint density at radius 2 is 1.48 bits per heavy atom. The lowest BCUT2D eigenvalue weighted by Gasteiger charge is -2.19. The van der Waals surface area contributed by atoms with Crippen LogP contribution in [-0.2, 0) is 0 Å². The second-order valence-electron chi connectivity index (χ2n) is 6.62. The lowest BCUT2D eigenvalue weighted by Crippen LogP contribution is -2.33. The van der Waals surface area contributed by atoms with Crippen LogP contribution in [0.5, 0.6) is 0 Å². The van der Waals surface area contributed by atoms with E-state index in [0.29, 0.717) is 0 Å². The number of hydrogen-bond donors (Lipinski definition) is 1. The first-order valence-corrected chi connectivity index (χ1v) is 9.00. The van der Waals surface area contributed by atoms with E-state index in [1.54, 1.807) is 0 Å². The predicted molar refractivity (Wildman–Crippen MR) is 109 cm³/mol. The van der Waals surface area contributed by atoms with E-state index in [0.717, 1.165) is 6.54 Å². The molecule has 2 nitrogen and oxygen atoms in total. The van der Waals surface area contributed by atoms with Gasteiger partial charge < -0.3 is 5.43 Å². The van der Waals surface area contributed by atoms with Crippen molar-refractivity contribution in [1.29, 1.82) is 0 Å². The maximum atomic E-state index is 3.33. The number of rotatable bonds is 1. The fourth-order valence-electron chi connectivity index (χ4n) is 2.64. The summed E-state index contributed by atoms with van der Waals surface area (Å²) in [5, 5.41) is 2.14. The molecule has 132 valence electrons. The summed E-state index contributed by atoms with van der Waals surface area (Å²) in [5.74, 6) is 0. The standard InChI is InChI=1S/C13H12.C10H18N2/c1-11-7-9-13(10-8-11)12-5-3-2-4-6-12;1-9-7-5-4-6-8-12(3)11-10(9)2/h2-10H,1H3;5,7,11H,4,6,8H2,1-3H3/b;7-5-,10-9+. The SMILES string of the molecule is CC1=C(/C)NN(C)CCC/C=C\1.Cc1ccc(-c2ccccc2)cc1. The van der Waals surface area contributed by atoms with Crippen LogP contribution in [0, 0.1) is 6.92 Å². The quantitative estimate of drug-likeness (QED) is 0.716. The van der Waals surface area contributed by atoms with Gasteiger partial charge in [0.15, 0.2) is 0 Å². The van der Waals surface area contributed by atoms with Crippen molar-refractivity contribution >= 4 is 0 Å². The Labute approximate surface area is 152 Å². The van der Waals surface area contributed by atoms with E-state index < -0.39 is 0 Å². The predicted octanol–water partition coefficient (Wildman–Crippen LogP) is 5.73. The van der Waals surface area contributed by atoms with Gasteiger partial charge in [-0.1, -0.05) is 72.3 Å². The number of aryl methyl sites for hydroxylation is 1. The topological polar surface area (TPSA) is 15.3 Å². The summed E-state index contributed by atoms with van der Waals surface area (Å²) in [6, 6.07) is 19.0. The second kappa shape index (κ2) is 9.85. The van der Waals surface area contributed by atoms with E-state index in [9.17, 15) is 0 Å². The van der Waals surface area contributed by atoms with Crippen molar-refractivity contribution < 1.29 is 0 Å². The summed E-state index contributed by atoms with van der Waals surface area (Å²) < 4.78 is 0. The number of hydrogen-bond acceptors (Lipinski definition) is 2. The Balaban J connectivity index is 0.000000181. The van der Waals surface area contributed by atoms with Crippen LogP contribution in [0.2, 0.25) is 0 Å². The molecule has 0 unspecified atom stereocenters. The summed E-state index contributed by atoms with van der Waals surface area (Å²) in [6.07, 6.45) is 6.85. The monoisotopic (exact) mass is 334 g/mol. The molecule has 3 rings (SSSR count). The van der Waals surface area contributed by atoms with E-state index in [1.807, 2.05) is 6.07 Å². The zero-order valence-electron chi connectivity index (χ0n) is 15.9. The minimum Gasteiger partial charge on any atom is -0.323 e. The first-order chi connectivity index (χ1) is 12.1. The molecule has 0 atom stereocenters. The third-order valence-corrected chi connectivity index (χ3v) is 4.34. The van der Waals surface area contributed by atoms with Crippen LogP contribution in [0.3, 0.4) is 0 Å². The average molecular weight is 335 g/mol. The Morgan fingerprint density at radius 1 is 0.840 bits per heavy atom. The van der Waals surface area contributed by atoms with E-state index >= 15 is 0 Å². The lowest BCUT2D eigenvalue weighted by atomic mass is 10.0. The van der Waals surface area contributed by atoms with Crippen molar-refractivity contribution in [2.75, 3.05) is 13.6 Å². The van der Waals surface area contributed by atoms with Crippen molar-refractivity contribution in [2.24, 2.45) is 0 Å². The van der Waals surface area contributed by atoms with Gasteiger partial charge in [0.2, 0.25) is 0 Å². The van der Waals surface area contributed by atoms with Gasteiger partial charge in [-0.25, -0.2) is 5.01 Å². The summed E-state index contributed by atoms with van der Waals surface area (Å²) in [5.41, 5.74) is 9.77. The number of hydrazine groups is 1. The van der Waals surface area contributed by atoms with E-state index in [2.05, 4.69) is 98.9 Å². The molecule has 1 N–H and O–H groups in total. The molecule has 0 saturated heterocycles. The van der Waals surface area contributed by atoms with Crippen LogP contribution < -0.4 is 5.43 Å². The Morgan fingerprint density at radius 3 is 2.16 bits per heavy atom. The molecule has 0 amide bonds. The van der Waals surface area contributed by atoms with Crippen LogP contribution in [0.1, 0.15) is 32.3 Å². The molecule has 2 aromatic carbocycles. The maximum Gasteiger partial charge on any atom is 0.0262 e. The number of nitrogens with one attached hydrogen (secondary N) is 1. The molecule has 25 heavy (non-hydrogen) atoms. The van der Waals surface area contributed by atoms with E-state index in [4.69, 9.17) is 0 Å². The van der Waals surface area contributed by atoms with Gasteiger partial charge in [0.25, 0.3) is 0 Å². The van der Waals surface area contributed by atoms with Gasteiger partial charge in [-0.3, -0.25) is 0 Å². The van der Waals surface area contributed by atoms with Crippen molar-refractivity contribution in [3.05, 3.63) is 83.6 Å². The number of nitrogens with zero attached hydrogens (tertiary/aromatic N) is 1. The molecular weight excluding hydrogens is 304 g/mol. The minimum absolute atomic E-state index is 1.11. The van der Waals surface area contributed by atoms with Gasteiger partial charge in [0, 0.05) is 19.3 Å². The molecule has 0 bridgehead atoms. The van der Waals surface area contributed by atoms with Gasteiger partial charge >= 0.3 is 0 Å². The van der Waals surface area contributed by atoms with Gasteiger partial charge in [0.05, 0.1) is 0 Å². The zero-order chi connectivity index (χ0) is 18.1. The minimum atomic E-state index is 1.11. The maximum absolute atomic E-state index is 3.33. The third-order valence-electron chi connectivity index (χ3n) is 4.34. The summed E-state index contributed by atoms with van der Waals surface area (Å²) in [4.78, 5) is 0. The zero-order valence-corrected chi connectivity index (χ0v) is 15.9. The number of benzene rings is 2. The summed E-state index contributed by atoms with van der Waals surface area (Å²) >= 11 is 0. The largest absolute Gasteiger partial charge is 0.323 e. The van der Waals surface area contributed by atoms with E-state index in [-0.39, 0.29) is 0 Å². The third kappa shape index (κ3) is 6.60. The highest BCUT2D eigenvalue weighted by molar-refractivity contribution is 5.63. The smallest absolute Gasteiger partial charge is 0.0262 e. The highest BCUT2D eigenvalue weighted by atomic mass is 15.5. The fraction of sp³-hybridized carbons (Fsp3) is 0.304. The van der Waals surface area contributed by atoms with Gasteiger partial charge in [-0.2, -0.15) is 0 Å². The van der Waals surface area contributed by atoms with E-state index in [1.165, 1.54) is 40.8 Å². The van der Waals surface area contributed by atoms with Crippen molar-refractivity contribution in [3.8, 4) is 11.1 Å². The Hall–Kier alpha value is -2.32. The molecule has 0 spiro atoms. The summed E-state index contributed by atoms with van der Waals surface area (Å²) in [6.45, 7) is 7.46. The first kappa shape index (κ1) is 19.0. The highest BCUT2D eigenvalue weighted by Crippen LogP contribution is 2.18. The molecule has 2 heteroatoms. The van der Waals surface area contributed by atoms with Gasteiger partial charge in [-0.15, -0.1) is 0 Å². The van der Waals surface area contributed by atoms with Crippen molar-refractivity contribution in [3.63, 3.8) is 0 Å². The van der Waals surface area contributed by atoms with Crippen molar-refractivity contribution in [2.45, 2.75) is 33.6 Å². The molecule has 1 aliphatic heterocycles. The fourth-order valence-corrected chi connectivity index (χ4v) is 2.64. The molecule has 2 aromatic rings. The molecule has 0 aliphatic carbocycles. The summed E-state index contributed by atoms with van der Waals surface area (Å²) in [7, 11) is 2.09. The molecule has 0 fully saturated rings. The van der Waals surface area contributed by atoms with Crippen LogP contribution in [0.15, 0.2) is 78.0 Å². The highest BCUT2D eigenvalue weighted by Gasteiger charge is 2.00. The number of allylic oxidation sites excluding steroid dienone is 4. The Bertz CT molecular complexity index is 697. The first-order valence-electron chi connectivity index (χ1n) is 9.00. The molecule has 0 saturated carbocycles. The van der Waals surface area contributed by atoms with Gasteiger partial charge in [-0.05, 0) is 50.3 Å². The van der Waals surface area contributed by atoms with Crippen LogP contribution in [0.25, 0.3) is 11.1 Å². The lowest BCUT2D eigenvalue weighted by molar-refractivity contribution is 0.262. The van der Waals surface area contributed by atoms with Crippen LogP contribution in [-0.4, -0.2) is 18.6 Å². The Kier molecular flexibility index (Phi) is 7.49.